The SMILES string of the molecule is CC/C=C\C/C=C\C/C=C\C/C=C\C/C=C\CCCCCCCCCCCCCCCCCCCCCCCCCC(=O)OC(COC(=O)CCCCCCCCCCCCCCCCCCCCC)COP(=O)(O)OCC[N+](C)(C)C. The average molecular weight is 1170 g/mol. The number of unbranched alkanes of at least 4 members (excludes halogenated alkanes) is 41. The summed E-state index contributed by atoms with van der Waals surface area (Å²) < 4.78 is 34.7. The van der Waals surface area contributed by atoms with Crippen molar-refractivity contribution < 1.29 is 42.1 Å². The second-order valence-electron chi connectivity index (χ2n) is 24.9. The minimum absolute atomic E-state index is 0.0345. The van der Waals surface area contributed by atoms with Crippen LogP contribution in [0.2, 0.25) is 0 Å². The van der Waals surface area contributed by atoms with Crippen LogP contribution in [0.1, 0.15) is 335 Å². The number of phosphoric acid groups is 1. The van der Waals surface area contributed by atoms with E-state index in [1.165, 1.54) is 238 Å². The molecule has 0 rings (SSSR count). The van der Waals surface area contributed by atoms with Gasteiger partial charge in [0.25, 0.3) is 0 Å². The first-order valence-electron chi connectivity index (χ1n) is 35.0. The maximum Gasteiger partial charge on any atom is 0.472 e. The molecule has 0 aromatic carbocycles. The number of esters is 2. The van der Waals surface area contributed by atoms with Crippen molar-refractivity contribution in [2.75, 3.05) is 47.5 Å². The van der Waals surface area contributed by atoms with Crippen LogP contribution in [0, 0.1) is 0 Å². The molecule has 2 unspecified atom stereocenters. The first kappa shape index (κ1) is 79.7. The summed E-state index contributed by atoms with van der Waals surface area (Å²) in [7, 11) is 1.50. The van der Waals surface area contributed by atoms with E-state index in [-0.39, 0.29) is 25.6 Å². The number of allylic oxidation sites excluding steroid dienone is 10. The fourth-order valence-electron chi connectivity index (χ4n) is 10.2. The predicted molar refractivity (Wildman–Crippen MR) is 353 cm³/mol. The molecule has 0 bridgehead atoms. The quantitative estimate of drug-likeness (QED) is 0.0211. The third kappa shape index (κ3) is 66.8. The molecule has 0 aromatic rings. The molecule has 0 aliphatic heterocycles. The van der Waals surface area contributed by atoms with Gasteiger partial charge in [-0.05, 0) is 57.8 Å². The third-order valence-electron chi connectivity index (χ3n) is 15.6. The zero-order chi connectivity index (χ0) is 59.8. The molecular formula is C72H135NO8P+. The Labute approximate surface area is 508 Å². The van der Waals surface area contributed by atoms with Gasteiger partial charge in [0.05, 0.1) is 27.7 Å². The summed E-state index contributed by atoms with van der Waals surface area (Å²) in [5.41, 5.74) is 0. The van der Waals surface area contributed by atoms with E-state index in [0.29, 0.717) is 23.9 Å². The van der Waals surface area contributed by atoms with Gasteiger partial charge >= 0.3 is 19.8 Å². The Bertz CT molecular complexity index is 1570. The lowest BCUT2D eigenvalue weighted by atomic mass is 10.0. The second kappa shape index (κ2) is 63.2. The minimum Gasteiger partial charge on any atom is -0.462 e. The van der Waals surface area contributed by atoms with E-state index in [9.17, 15) is 19.0 Å². The molecule has 0 spiro atoms. The van der Waals surface area contributed by atoms with Gasteiger partial charge in [-0.25, -0.2) is 4.57 Å². The largest absolute Gasteiger partial charge is 0.472 e. The zero-order valence-electron chi connectivity index (χ0n) is 54.7. The number of hydrogen-bond donors (Lipinski definition) is 1. The van der Waals surface area contributed by atoms with Crippen LogP contribution in [0.4, 0.5) is 0 Å². The van der Waals surface area contributed by atoms with Gasteiger partial charge in [0.2, 0.25) is 0 Å². The highest BCUT2D eigenvalue weighted by Crippen LogP contribution is 2.43. The number of carbonyl (C=O) groups excluding carboxylic acids is 2. The number of ether oxygens (including phenoxy) is 2. The lowest BCUT2D eigenvalue weighted by Crippen LogP contribution is -2.37. The van der Waals surface area contributed by atoms with Crippen LogP contribution in [-0.4, -0.2) is 74.9 Å². The van der Waals surface area contributed by atoms with Gasteiger partial charge in [-0.15, -0.1) is 0 Å². The number of nitrogens with zero attached hydrogens (tertiary/aromatic N) is 1. The molecule has 0 fully saturated rings. The molecule has 0 heterocycles. The minimum atomic E-state index is -4.39. The van der Waals surface area contributed by atoms with Crippen molar-refractivity contribution in [2.24, 2.45) is 0 Å². The second-order valence-corrected chi connectivity index (χ2v) is 26.4. The van der Waals surface area contributed by atoms with Crippen LogP contribution in [0.15, 0.2) is 60.8 Å². The summed E-state index contributed by atoms with van der Waals surface area (Å²) in [6.07, 6.45) is 83.4. The summed E-state index contributed by atoms with van der Waals surface area (Å²) in [4.78, 5) is 35.8. The smallest absolute Gasteiger partial charge is 0.462 e. The van der Waals surface area contributed by atoms with Gasteiger partial charge in [-0.1, -0.05) is 325 Å². The van der Waals surface area contributed by atoms with Gasteiger partial charge in [0, 0.05) is 12.8 Å². The van der Waals surface area contributed by atoms with E-state index >= 15 is 0 Å². The standard InChI is InChI=1S/C72H134NO8P/c1-6-8-10-12-14-16-18-20-22-24-26-27-28-29-30-31-32-33-34-35-36-37-38-39-40-41-42-43-44-45-47-49-51-53-55-57-59-61-63-65-72(75)81-70(69-80-82(76,77)79-67-66-73(3,4)5)68-78-71(74)64-62-60-58-56-54-52-50-48-46-25-23-21-19-17-15-13-11-9-7-2/h8,10,14,16,20,22,26-27,29-30,70H,6-7,9,11-13,15,17-19,21,23-25,28,31-69H2,1-5H3/p+1/b10-8-,16-14-,22-20-,27-26-,30-29-. The maximum atomic E-state index is 12.9. The molecule has 82 heavy (non-hydrogen) atoms. The Morgan fingerprint density at radius 3 is 1.04 bits per heavy atom. The Balaban J connectivity index is 3.92. The summed E-state index contributed by atoms with van der Waals surface area (Å²) >= 11 is 0. The molecule has 9 nitrogen and oxygen atoms in total. The lowest BCUT2D eigenvalue weighted by molar-refractivity contribution is -0.870. The zero-order valence-corrected chi connectivity index (χ0v) is 55.6. The third-order valence-corrected chi connectivity index (χ3v) is 16.5. The molecule has 0 amide bonds. The molecule has 2 atom stereocenters. The van der Waals surface area contributed by atoms with Crippen LogP contribution in [0.5, 0.6) is 0 Å². The van der Waals surface area contributed by atoms with Crippen molar-refractivity contribution in [3.63, 3.8) is 0 Å². The molecule has 1 N–H and O–H groups in total. The summed E-state index contributed by atoms with van der Waals surface area (Å²) in [5.74, 6) is -0.777. The summed E-state index contributed by atoms with van der Waals surface area (Å²) in [5, 5.41) is 0. The molecule has 0 saturated heterocycles. The van der Waals surface area contributed by atoms with Gasteiger partial charge < -0.3 is 18.9 Å². The highest BCUT2D eigenvalue weighted by atomic mass is 31.2. The van der Waals surface area contributed by atoms with Crippen LogP contribution < -0.4 is 0 Å². The van der Waals surface area contributed by atoms with E-state index < -0.39 is 26.5 Å². The number of hydrogen-bond acceptors (Lipinski definition) is 7. The number of carbonyl (C=O) groups is 2. The number of phosphoric ester groups is 1. The monoisotopic (exact) mass is 1170 g/mol. The summed E-state index contributed by atoms with van der Waals surface area (Å²) in [6, 6.07) is 0. The maximum absolute atomic E-state index is 12.9. The topological polar surface area (TPSA) is 108 Å². The van der Waals surface area contributed by atoms with Crippen LogP contribution in [0.25, 0.3) is 0 Å². The number of rotatable bonds is 65. The molecule has 10 heteroatoms. The van der Waals surface area contributed by atoms with E-state index in [1.807, 2.05) is 21.1 Å². The Morgan fingerprint density at radius 2 is 0.695 bits per heavy atom. The van der Waals surface area contributed by atoms with Gasteiger partial charge in [-0.2, -0.15) is 0 Å². The van der Waals surface area contributed by atoms with Crippen molar-refractivity contribution in [2.45, 2.75) is 341 Å². The molecule has 0 aliphatic rings. The molecule has 0 aliphatic carbocycles. The van der Waals surface area contributed by atoms with Gasteiger partial charge in [-0.3, -0.25) is 18.6 Å². The molecule has 0 saturated carbocycles. The fourth-order valence-corrected chi connectivity index (χ4v) is 11.0. The van der Waals surface area contributed by atoms with Crippen molar-refractivity contribution in [3.8, 4) is 0 Å². The van der Waals surface area contributed by atoms with Crippen molar-refractivity contribution in [3.05, 3.63) is 60.8 Å². The van der Waals surface area contributed by atoms with Crippen molar-refractivity contribution in [1.29, 1.82) is 0 Å². The van der Waals surface area contributed by atoms with E-state index in [0.717, 1.165) is 64.2 Å². The lowest BCUT2D eigenvalue weighted by Gasteiger charge is -2.24. The molecule has 480 valence electrons. The Morgan fingerprint density at radius 1 is 0.390 bits per heavy atom. The first-order chi connectivity index (χ1) is 40.0. The van der Waals surface area contributed by atoms with Gasteiger partial charge in [0.1, 0.15) is 19.8 Å². The Kier molecular flexibility index (Phi) is 61.5. The average Bonchev–Trinajstić information content (AvgIpc) is 3.46. The molecule has 0 aromatic heterocycles. The van der Waals surface area contributed by atoms with E-state index in [2.05, 4.69) is 74.6 Å². The van der Waals surface area contributed by atoms with Gasteiger partial charge in [0.15, 0.2) is 6.10 Å². The van der Waals surface area contributed by atoms with Crippen molar-refractivity contribution in [1.82, 2.24) is 0 Å². The van der Waals surface area contributed by atoms with Crippen LogP contribution >= 0.6 is 7.82 Å². The van der Waals surface area contributed by atoms with Crippen LogP contribution in [0.3, 0.4) is 0 Å². The van der Waals surface area contributed by atoms with Crippen molar-refractivity contribution >= 4 is 19.8 Å². The molecule has 0 radical (unpaired) electrons. The predicted octanol–water partition coefficient (Wildman–Crippen LogP) is 22.6. The molecular weight excluding hydrogens is 1040 g/mol. The first-order valence-corrected chi connectivity index (χ1v) is 36.5. The summed E-state index contributed by atoms with van der Waals surface area (Å²) in [6.45, 7) is 4.38. The number of likely N-dealkylation sites (N-methyl/N-ethyl adjacent to an activating group) is 1. The highest BCUT2D eigenvalue weighted by Gasteiger charge is 2.27. The fraction of sp³-hybridized carbons (Fsp3) is 0.833. The normalized spacial score (nSPS) is 13.5. The van der Waals surface area contributed by atoms with E-state index in [4.69, 9.17) is 18.5 Å². The van der Waals surface area contributed by atoms with E-state index in [1.54, 1.807) is 0 Å². The van der Waals surface area contributed by atoms with Crippen LogP contribution in [-0.2, 0) is 32.7 Å². The Hall–Kier alpha value is -2.29. The highest BCUT2D eigenvalue weighted by molar-refractivity contribution is 7.47. The number of quaternary nitrogens is 1.